The third-order valence-corrected chi connectivity index (χ3v) is 10.8. The van der Waals surface area contributed by atoms with Crippen LogP contribution in [0.1, 0.15) is 91.1 Å². The van der Waals surface area contributed by atoms with Gasteiger partial charge in [-0.15, -0.1) is 6.58 Å². The third kappa shape index (κ3) is 8.39. The zero-order valence-electron chi connectivity index (χ0n) is 32.1. The maximum absolute atomic E-state index is 14.5. The number of carbonyl (C=O) groups excluding carboxylic acids is 7. The SMILES string of the molecule is C=CCNC(=O)C(=O)C(CCC)NC(=O)[C@@H]1[C@@H]2[C@H](CN1C(=O)[C@@H](NC(=O)N[C@H](CN1C(=O)Cc3ccccc3C1=O)C(C)(C)C)C(C)(C)C)C2(C)C. The maximum Gasteiger partial charge on any atom is 0.315 e. The van der Waals surface area contributed by atoms with Crippen molar-refractivity contribution in [3.05, 3.63) is 48.0 Å². The Hall–Kier alpha value is -4.55. The van der Waals surface area contributed by atoms with Crippen LogP contribution in [0.2, 0.25) is 0 Å². The Morgan fingerprint density at radius 3 is 2.23 bits per heavy atom. The van der Waals surface area contributed by atoms with E-state index in [2.05, 4.69) is 27.8 Å². The number of urea groups is 1. The second-order valence-corrected chi connectivity index (χ2v) is 17.1. The van der Waals surface area contributed by atoms with Crippen molar-refractivity contribution >= 4 is 41.4 Å². The van der Waals surface area contributed by atoms with Gasteiger partial charge in [0.05, 0.1) is 18.5 Å². The minimum atomic E-state index is -1.07. The summed E-state index contributed by atoms with van der Waals surface area (Å²) in [6.45, 7) is 20.9. The van der Waals surface area contributed by atoms with E-state index in [0.29, 0.717) is 24.1 Å². The minimum Gasteiger partial charge on any atom is -0.346 e. The van der Waals surface area contributed by atoms with Gasteiger partial charge in [0, 0.05) is 25.2 Å². The average molecular weight is 721 g/mol. The van der Waals surface area contributed by atoms with E-state index in [1.807, 2.05) is 62.3 Å². The number of hydrogen-bond acceptors (Lipinski definition) is 7. The van der Waals surface area contributed by atoms with Crippen molar-refractivity contribution in [3.8, 4) is 0 Å². The highest BCUT2D eigenvalue weighted by molar-refractivity contribution is 6.38. The predicted octanol–water partition coefficient (Wildman–Crippen LogP) is 2.98. The number of amides is 7. The molecule has 3 aliphatic rings. The summed E-state index contributed by atoms with van der Waals surface area (Å²) < 4.78 is 0. The molecule has 13 nitrogen and oxygen atoms in total. The predicted molar refractivity (Wildman–Crippen MR) is 196 cm³/mol. The van der Waals surface area contributed by atoms with Gasteiger partial charge in [-0.25, -0.2) is 4.79 Å². The first-order chi connectivity index (χ1) is 24.1. The average Bonchev–Trinajstić information content (AvgIpc) is 3.36. The van der Waals surface area contributed by atoms with Crippen LogP contribution in [0.4, 0.5) is 4.79 Å². The smallest absolute Gasteiger partial charge is 0.315 e. The molecule has 13 heteroatoms. The Labute approximate surface area is 307 Å². The summed E-state index contributed by atoms with van der Waals surface area (Å²) >= 11 is 0. The highest BCUT2D eigenvalue weighted by Crippen LogP contribution is 2.65. The molecule has 1 aromatic rings. The maximum atomic E-state index is 14.5. The second kappa shape index (κ2) is 15.2. The number of Topliss-reactive ketones (excluding diaryl/α,β-unsaturated/α-hetero) is 1. The first-order valence-corrected chi connectivity index (χ1v) is 18.2. The molecule has 52 heavy (non-hydrogen) atoms. The normalized spacial score (nSPS) is 22.3. The van der Waals surface area contributed by atoms with Crippen LogP contribution in [0.5, 0.6) is 0 Å². The van der Waals surface area contributed by atoms with Crippen molar-refractivity contribution in [1.82, 2.24) is 31.1 Å². The quantitative estimate of drug-likeness (QED) is 0.138. The lowest BCUT2D eigenvalue weighted by Gasteiger charge is -2.39. The number of piperidine rings is 1. The third-order valence-electron chi connectivity index (χ3n) is 10.8. The fraction of sp³-hybridized carbons (Fsp3) is 0.615. The first kappa shape index (κ1) is 40.2. The highest BCUT2D eigenvalue weighted by Gasteiger charge is 2.70. The zero-order chi connectivity index (χ0) is 38.9. The van der Waals surface area contributed by atoms with Gasteiger partial charge < -0.3 is 26.2 Å². The zero-order valence-corrected chi connectivity index (χ0v) is 32.1. The number of imide groups is 1. The number of hydrogen-bond donors (Lipinski definition) is 4. The van der Waals surface area contributed by atoms with Gasteiger partial charge in [-0.1, -0.05) is 93.0 Å². The van der Waals surface area contributed by atoms with Crippen LogP contribution in [0.15, 0.2) is 36.9 Å². The molecule has 2 fully saturated rings. The van der Waals surface area contributed by atoms with Gasteiger partial charge in [-0.3, -0.25) is 33.7 Å². The molecule has 7 amide bonds. The number of fused-ring (bicyclic) bond motifs is 2. The Bertz CT molecular complexity index is 1620. The van der Waals surface area contributed by atoms with Crippen LogP contribution in [0.3, 0.4) is 0 Å². The summed E-state index contributed by atoms with van der Waals surface area (Å²) in [5.41, 5.74) is -0.493. The molecule has 0 bridgehead atoms. The molecule has 1 saturated heterocycles. The summed E-state index contributed by atoms with van der Waals surface area (Å²) in [6.07, 6.45) is 2.30. The van der Waals surface area contributed by atoms with E-state index in [-0.39, 0.29) is 49.1 Å². The molecule has 1 unspecified atom stereocenters. The molecule has 0 aromatic heterocycles. The van der Waals surface area contributed by atoms with E-state index in [1.165, 1.54) is 15.9 Å². The number of ketones is 1. The van der Waals surface area contributed by atoms with Gasteiger partial charge in [-0.2, -0.15) is 0 Å². The van der Waals surface area contributed by atoms with Crippen molar-refractivity contribution in [2.24, 2.45) is 28.1 Å². The minimum absolute atomic E-state index is 0.0351. The number of carbonyl (C=O) groups is 7. The molecule has 2 aliphatic heterocycles. The van der Waals surface area contributed by atoms with Crippen LogP contribution < -0.4 is 21.3 Å². The summed E-state index contributed by atoms with van der Waals surface area (Å²) in [4.78, 5) is 96.9. The molecule has 1 aliphatic carbocycles. The van der Waals surface area contributed by atoms with Gasteiger partial charge in [0.15, 0.2) is 0 Å². The van der Waals surface area contributed by atoms with E-state index in [1.54, 1.807) is 24.3 Å². The van der Waals surface area contributed by atoms with Gasteiger partial charge in [0.2, 0.25) is 23.5 Å². The van der Waals surface area contributed by atoms with Gasteiger partial charge in [0.25, 0.3) is 11.8 Å². The fourth-order valence-corrected chi connectivity index (χ4v) is 7.49. The molecule has 284 valence electrons. The van der Waals surface area contributed by atoms with Crippen molar-refractivity contribution in [3.63, 3.8) is 0 Å². The largest absolute Gasteiger partial charge is 0.346 e. The standard InChI is InChI=1S/C39H56N6O7/c1-11-15-25(30(47)33(49)40-18-12-2)41-32(48)29-28-24(39(28,9)10)20-45(29)35(51)31(38(6,7)8)43-36(52)42-26(37(3,4)5)21-44-27(46)19-22-16-13-14-17-23(22)34(44)50/h12-14,16-17,24-26,28-29,31H,2,11,15,18-21H2,1,3-10H3,(H,40,49)(H,41,48)(H2,42,43,52)/t24-,25?,26+,28-,29-,31+/m0/s1. The van der Waals surface area contributed by atoms with E-state index in [0.717, 1.165) is 0 Å². The number of likely N-dealkylation sites (tertiary alicyclic amines) is 1. The van der Waals surface area contributed by atoms with Crippen LogP contribution in [-0.2, 0) is 30.4 Å². The van der Waals surface area contributed by atoms with Gasteiger partial charge in [0.1, 0.15) is 12.1 Å². The number of nitrogens with zero attached hydrogens (tertiary/aromatic N) is 2. The molecule has 1 saturated carbocycles. The highest BCUT2D eigenvalue weighted by atomic mass is 16.2. The van der Waals surface area contributed by atoms with Crippen LogP contribution in [-0.4, -0.2) is 95.0 Å². The van der Waals surface area contributed by atoms with Crippen molar-refractivity contribution in [1.29, 1.82) is 0 Å². The topological polar surface area (TPSA) is 174 Å². The van der Waals surface area contributed by atoms with Crippen LogP contribution in [0.25, 0.3) is 0 Å². The van der Waals surface area contributed by atoms with Crippen molar-refractivity contribution in [2.45, 2.75) is 106 Å². The molecule has 0 radical (unpaired) electrons. The number of rotatable bonds is 13. The Morgan fingerprint density at radius 2 is 1.63 bits per heavy atom. The molecule has 4 rings (SSSR count). The lowest BCUT2D eigenvalue weighted by Crippen LogP contribution is -2.63. The number of benzene rings is 1. The summed E-state index contributed by atoms with van der Waals surface area (Å²) in [5, 5.41) is 11.0. The van der Waals surface area contributed by atoms with E-state index >= 15 is 0 Å². The van der Waals surface area contributed by atoms with E-state index in [9.17, 15) is 33.6 Å². The summed E-state index contributed by atoms with van der Waals surface area (Å²) in [5.74, 6) is -3.47. The van der Waals surface area contributed by atoms with Crippen molar-refractivity contribution < 1.29 is 33.6 Å². The number of nitrogens with one attached hydrogen (secondary N) is 4. The Kier molecular flexibility index (Phi) is 11.8. The summed E-state index contributed by atoms with van der Waals surface area (Å²) in [6, 6.07) is 2.60. The van der Waals surface area contributed by atoms with E-state index < -0.39 is 70.4 Å². The molecular formula is C39H56N6O7. The van der Waals surface area contributed by atoms with Gasteiger partial charge >= 0.3 is 6.03 Å². The molecule has 0 spiro atoms. The van der Waals surface area contributed by atoms with Crippen molar-refractivity contribution in [2.75, 3.05) is 19.6 Å². The first-order valence-electron chi connectivity index (χ1n) is 18.2. The van der Waals surface area contributed by atoms with Crippen LogP contribution in [0, 0.1) is 28.1 Å². The molecular weight excluding hydrogens is 664 g/mol. The summed E-state index contributed by atoms with van der Waals surface area (Å²) in [7, 11) is 0. The fourth-order valence-electron chi connectivity index (χ4n) is 7.49. The lowest BCUT2D eigenvalue weighted by molar-refractivity contribution is -0.145. The molecule has 6 atom stereocenters. The monoisotopic (exact) mass is 720 g/mol. The lowest BCUT2D eigenvalue weighted by atomic mass is 9.84. The molecule has 1 aromatic carbocycles. The van der Waals surface area contributed by atoms with Crippen LogP contribution >= 0.6 is 0 Å². The molecule has 2 heterocycles. The Balaban J connectivity index is 1.53. The van der Waals surface area contributed by atoms with E-state index in [4.69, 9.17) is 0 Å². The van der Waals surface area contributed by atoms with Gasteiger partial charge in [-0.05, 0) is 46.1 Å². The second-order valence-electron chi connectivity index (χ2n) is 17.1. The Morgan fingerprint density at radius 1 is 0.981 bits per heavy atom. The molecule has 4 N–H and O–H groups in total.